The van der Waals surface area contributed by atoms with Gasteiger partial charge in [0.05, 0.1) is 0 Å². The van der Waals surface area contributed by atoms with Crippen molar-refractivity contribution in [2.24, 2.45) is 5.73 Å². The van der Waals surface area contributed by atoms with Crippen LogP contribution in [-0.4, -0.2) is 44.2 Å². The fourth-order valence-electron chi connectivity index (χ4n) is 3.41. The van der Waals surface area contributed by atoms with Crippen molar-refractivity contribution >= 4 is 5.69 Å². The molecule has 0 bridgehead atoms. The van der Waals surface area contributed by atoms with Crippen molar-refractivity contribution in [1.82, 2.24) is 4.90 Å². The summed E-state index contributed by atoms with van der Waals surface area (Å²) >= 11 is 0. The Bertz CT molecular complexity index is 461. The molecule has 1 saturated heterocycles. The second kappa shape index (κ2) is 5.14. The molecule has 0 radical (unpaired) electrons. The van der Waals surface area contributed by atoms with Crippen LogP contribution in [0.4, 0.5) is 5.69 Å². The van der Waals surface area contributed by atoms with E-state index in [1.807, 2.05) is 0 Å². The first-order valence-electron chi connectivity index (χ1n) is 7.45. The molecule has 1 heterocycles. The molecule has 0 aromatic heterocycles. The Kier molecular flexibility index (Phi) is 3.50. The molecule has 3 nitrogen and oxygen atoms in total. The Morgan fingerprint density at radius 3 is 2.58 bits per heavy atom. The number of hydrogen-bond acceptors (Lipinski definition) is 3. The molecule has 1 atom stereocenters. The lowest BCUT2D eigenvalue weighted by Crippen LogP contribution is -2.45. The summed E-state index contributed by atoms with van der Waals surface area (Å²) in [7, 11) is 2.21. The van der Waals surface area contributed by atoms with Crippen LogP contribution >= 0.6 is 0 Å². The molecule has 19 heavy (non-hydrogen) atoms. The SMILES string of the molecule is Cc1ccc(N2CCN(C)CC2)c2c1CC[C@@H](N)C2. The van der Waals surface area contributed by atoms with Crippen molar-refractivity contribution in [3.05, 3.63) is 28.8 Å². The number of rotatable bonds is 1. The van der Waals surface area contributed by atoms with Gasteiger partial charge >= 0.3 is 0 Å². The lowest BCUT2D eigenvalue weighted by Gasteiger charge is -2.37. The number of nitrogens with two attached hydrogens (primary N) is 1. The molecule has 1 aromatic carbocycles. The molecule has 2 N–H and O–H groups in total. The largest absolute Gasteiger partial charge is 0.369 e. The maximum Gasteiger partial charge on any atom is 0.0403 e. The number of fused-ring (bicyclic) bond motifs is 1. The van der Waals surface area contributed by atoms with Gasteiger partial charge < -0.3 is 15.5 Å². The van der Waals surface area contributed by atoms with Gasteiger partial charge in [-0.3, -0.25) is 0 Å². The van der Waals surface area contributed by atoms with Crippen LogP contribution in [0.5, 0.6) is 0 Å². The maximum absolute atomic E-state index is 6.19. The monoisotopic (exact) mass is 259 g/mol. The summed E-state index contributed by atoms with van der Waals surface area (Å²) in [5.74, 6) is 0. The van der Waals surface area contributed by atoms with Crippen LogP contribution < -0.4 is 10.6 Å². The van der Waals surface area contributed by atoms with E-state index in [-0.39, 0.29) is 0 Å². The zero-order valence-corrected chi connectivity index (χ0v) is 12.2. The fourth-order valence-corrected chi connectivity index (χ4v) is 3.41. The summed E-state index contributed by atoms with van der Waals surface area (Å²) in [5, 5.41) is 0. The maximum atomic E-state index is 6.19. The lowest BCUT2D eigenvalue weighted by molar-refractivity contribution is 0.312. The molecule has 104 valence electrons. The van der Waals surface area contributed by atoms with Crippen LogP contribution in [0, 0.1) is 6.92 Å². The molecule has 2 aliphatic rings. The predicted octanol–water partition coefficient (Wildman–Crippen LogP) is 1.56. The number of nitrogens with zero attached hydrogens (tertiary/aromatic N) is 2. The van der Waals surface area contributed by atoms with E-state index in [1.54, 1.807) is 5.56 Å². The highest BCUT2D eigenvalue weighted by molar-refractivity contribution is 5.60. The molecule has 1 aromatic rings. The van der Waals surface area contributed by atoms with Gasteiger partial charge in [-0.2, -0.15) is 0 Å². The molecule has 3 heteroatoms. The minimum absolute atomic E-state index is 0.348. The Hall–Kier alpha value is -1.06. The first kappa shape index (κ1) is 12.9. The highest BCUT2D eigenvalue weighted by Gasteiger charge is 2.24. The molecule has 1 aliphatic carbocycles. The Morgan fingerprint density at radius 2 is 1.84 bits per heavy atom. The minimum atomic E-state index is 0.348. The fraction of sp³-hybridized carbons (Fsp3) is 0.625. The molecule has 0 saturated carbocycles. The third-order valence-electron chi connectivity index (χ3n) is 4.72. The standard InChI is InChI=1S/C16H25N3/c1-12-3-6-16(19-9-7-18(2)8-10-19)15-11-13(17)4-5-14(12)15/h3,6,13H,4-5,7-11,17H2,1-2H3/t13-/m1/s1. The van der Waals surface area contributed by atoms with Crippen molar-refractivity contribution in [2.75, 3.05) is 38.1 Å². The van der Waals surface area contributed by atoms with Crippen molar-refractivity contribution in [2.45, 2.75) is 32.2 Å². The molecular weight excluding hydrogens is 234 g/mol. The topological polar surface area (TPSA) is 32.5 Å². The van der Waals surface area contributed by atoms with E-state index in [4.69, 9.17) is 5.73 Å². The van der Waals surface area contributed by atoms with Crippen LogP contribution in [0.2, 0.25) is 0 Å². The second-order valence-corrected chi connectivity index (χ2v) is 6.15. The molecule has 0 amide bonds. The molecular formula is C16H25N3. The normalized spacial score (nSPS) is 24.4. The second-order valence-electron chi connectivity index (χ2n) is 6.15. The Morgan fingerprint density at radius 1 is 1.11 bits per heavy atom. The van der Waals surface area contributed by atoms with Crippen LogP contribution in [0.3, 0.4) is 0 Å². The summed E-state index contributed by atoms with van der Waals surface area (Å²) in [6.45, 7) is 6.84. The van der Waals surface area contributed by atoms with E-state index < -0.39 is 0 Å². The highest BCUT2D eigenvalue weighted by Crippen LogP contribution is 2.32. The summed E-state index contributed by atoms with van der Waals surface area (Å²) in [6, 6.07) is 4.96. The van der Waals surface area contributed by atoms with Gasteiger partial charge in [-0.15, -0.1) is 0 Å². The Labute approximate surface area is 116 Å². The van der Waals surface area contributed by atoms with Gasteiger partial charge in [-0.05, 0) is 56.0 Å². The zero-order valence-electron chi connectivity index (χ0n) is 12.2. The summed E-state index contributed by atoms with van der Waals surface area (Å²) < 4.78 is 0. The zero-order chi connectivity index (χ0) is 13.4. The molecule has 3 rings (SSSR count). The smallest absolute Gasteiger partial charge is 0.0403 e. The van der Waals surface area contributed by atoms with Crippen molar-refractivity contribution in [3.8, 4) is 0 Å². The van der Waals surface area contributed by atoms with Gasteiger partial charge in [0, 0.05) is 37.9 Å². The molecule has 0 unspecified atom stereocenters. The summed E-state index contributed by atoms with van der Waals surface area (Å²) in [4.78, 5) is 4.96. The Balaban J connectivity index is 1.93. The van der Waals surface area contributed by atoms with E-state index >= 15 is 0 Å². The quantitative estimate of drug-likeness (QED) is 0.831. The average Bonchev–Trinajstić information content (AvgIpc) is 2.40. The third kappa shape index (κ3) is 2.49. The van der Waals surface area contributed by atoms with Gasteiger partial charge in [0.2, 0.25) is 0 Å². The average molecular weight is 259 g/mol. The first-order valence-corrected chi connectivity index (χ1v) is 7.45. The van der Waals surface area contributed by atoms with E-state index in [0.717, 1.165) is 45.4 Å². The molecule has 1 fully saturated rings. The van der Waals surface area contributed by atoms with Crippen LogP contribution in [0.25, 0.3) is 0 Å². The summed E-state index contributed by atoms with van der Waals surface area (Å²) in [6.07, 6.45) is 3.35. The van der Waals surface area contributed by atoms with Gasteiger partial charge in [-0.25, -0.2) is 0 Å². The molecule has 0 spiro atoms. The van der Waals surface area contributed by atoms with Gasteiger partial charge in [0.15, 0.2) is 0 Å². The van der Waals surface area contributed by atoms with Crippen LogP contribution in [0.15, 0.2) is 12.1 Å². The van der Waals surface area contributed by atoms with Gasteiger partial charge in [0.25, 0.3) is 0 Å². The van der Waals surface area contributed by atoms with E-state index in [1.165, 1.54) is 16.8 Å². The predicted molar refractivity (Wildman–Crippen MR) is 80.9 cm³/mol. The number of anilines is 1. The number of piperazine rings is 1. The van der Waals surface area contributed by atoms with Crippen LogP contribution in [-0.2, 0) is 12.8 Å². The van der Waals surface area contributed by atoms with E-state index in [9.17, 15) is 0 Å². The third-order valence-corrected chi connectivity index (χ3v) is 4.72. The van der Waals surface area contributed by atoms with E-state index in [0.29, 0.717) is 6.04 Å². The van der Waals surface area contributed by atoms with Crippen molar-refractivity contribution in [3.63, 3.8) is 0 Å². The van der Waals surface area contributed by atoms with Crippen molar-refractivity contribution in [1.29, 1.82) is 0 Å². The van der Waals surface area contributed by atoms with Crippen LogP contribution in [0.1, 0.15) is 23.1 Å². The number of hydrogen-bond donors (Lipinski definition) is 1. The number of aryl methyl sites for hydroxylation is 1. The number of likely N-dealkylation sites (N-methyl/N-ethyl adjacent to an activating group) is 1. The lowest BCUT2D eigenvalue weighted by atomic mass is 9.84. The van der Waals surface area contributed by atoms with Gasteiger partial charge in [-0.1, -0.05) is 6.07 Å². The van der Waals surface area contributed by atoms with Gasteiger partial charge in [0.1, 0.15) is 0 Å². The van der Waals surface area contributed by atoms with E-state index in [2.05, 4.69) is 35.9 Å². The first-order chi connectivity index (χ1) is 9.15. The number of benzene rings is 1. The van der Waals surface area contributed by atoms with Crippen molar-refractivity contribution < 1.29 is 0 Å². The summed E-state index contributed by atoms with van der Waals surface area (Å²) in [5.41, 5.74) is 12.2. The highest BCUT2D eigenvalue weighted by atomic mass is 15.2. The molecule has 1 aliphatic heterocycles. The minimum Gasteiger partial charge on any atom is -0.369 e.